The maximum Gasteiger partial charge on any atom is 0.241 e. The molecule has 2 rings (SSSR count). The summed E-state index contributed by atoms with van der Waals surface area (Å²) in [6, 6.07) is 4.54. The molecule has 136 valence electrons. The van der Waals surface area contributed by atoms with Crippen LogP contribution in [0.25, 0.3) is 0 Å². The number of nitrogens with one attached hydrogen (secondary N) is 1. The van der Waals surface area contributed by atoms with Crippen molar-refractivity contribution in [1.82, 2.24) is 9.03 Å². The average molecular weight is 377 g/mol. The molecule has 0 spiro atoms. The molecular formula is C15H24N2O5S2. The van der Waals surface area contributed by atoms with Gasteiger partial charge >= 0.3 is 0 Å². The summed E-state index contributed by atoms with van der Waals surface area (Å²) in [6.07, 6.45) is 0. The number of aryl methyl sites for hydroxylation is 2. The Morgan fingerprint density at radius 2 is 1.83 bits per heavy atom. The third kappa shape index (κ3) is 4.34. The van der Waals surface area contributed by atoms with Gasteiger partial charge in [-0.1, -0.05) is 17.7 Å². The summed E-state index contributed by atoms with van der Waals surface area (Å²) in [5.74, 6) is -0.571. The molecule has 1 aromatic carbocycles. The zero-order chi connectivity index (χ0) is 18.1. The molecule has 1 aliphatic heterocycles. The van der Waals surface area contributed by atoms with E-state index in [0.29, 0.717) is 5.56 Å². The lowest BCUT2D eigenvalue weighted by atomic mass is 10.1. The molecule has 1 saturated heterocycles. The van der Waals surface area contributed by atoms with Gasteiger partial charge in [-0.3, -0.25) is 0 Å². The van der Waals surface area contributed by atoms with Crippen molar-refractivity contribution in [2.75, 3.05) is 33.1 Å². The van der Waals surface area contributed by atoms with E-state index in [4.69, 9.17) is 4.74 Å². The Labute approximate surface area is 144 Å². The molecule has 1 aromatic rings. The maximum absolute atomic E-state index is 12.6. The summed E-state index contributed by atoms with van der Waals surface area (Å²) in [4.78, 5) is 0.203. The lowest BCUT2D eigenvalue weighted by Crippen LogP contribution is -2.43. The Bertz CT molecular complexity index is 803. The third-order valence-corrected chi connectivity index (χ3v) is 7.72. The Morgan fingerprint density at radius 3 is 2.42 bits per heavy atom. The van der Waals surface area contributed by atoms with Gasteiger partial charge in [0.2, 0.25) is 20.0 Å². The van der Waals surface area contributed by atoms with E-state index in [1.807, 2.05) is 6.92 Å². The van der Waals surface area contributed by atoms with E-state index in [0.717, 1.165) is 9.87 Å². The van der Waals surface area contributed by atoms with Crippen molar-refractivity contribution in [2.24, 2.45) is 5.92 Å². The van der Waals surface area contributed by atoms with Gasteiger partial charge in [0.25, 0.3) is 0 Å². The van der Waals surface area contributed by atoms with E-state index in [2.05, 4.69) is 4.72 Å². The minimum absolute atomic E-state index is 0.153. The van der Waals surface area contributed by atoms with Crippen LogP contribution < -0.4 is 4.72 Å². The van der Waals surface area contributed by atoms with Crippen LogP contribution in [0.1, 0.15) is 11.1 Å². The molecule has 0 bridgehead atoms. The summed E-state index contributed by atoms with van der Waals surface area (Å²) in [5, 5.41) is 0. The van der Waals surface area contributed by atoms with Crippen LogP contribution in [0.3, 0.4) is 0 Å². The van der Waals surface area contributed by atoms with Gasteiger partial charge in [0.1, 0.15) is 0 Å². The number of rotatable bonds is 6. The van der Waals surface area contributed by atoms with Gasteiger partial charge < -0.3 is 4.74 Å². The first kappa shape index (κ1) is 19.3. The van der Waals surface area contributed by atoms with Crippen molar-refractivity contribution in [2.45, 2.75) is 24.8 Å². The molecule has 2 atom stereocenters. The van der Waals surface area contributed by atoms with Crippen LogP contribution >= 0.6 is 0 Å². The Morgan fingerprint density at radius 1 is 1.17 bits per heavy atom. The lowest BCUT2D eigenvalue weighted by molar-refractivity contribution is 0.185. The fourth-order valence-electron chi connectivity index (χ4n) is 2.68. The van der Waals surface area contributed by atoms with E-state index >= 15 is 0 Å². The van der Waals surface area contributed by atoms with Crippen LogP contribution in [0.4, 0.5) is 0 Å². The highest BCUT2D eigenvalue weighted by Crippen LogP contribution is 2.22. The molecule has 1 N–H and O–H groups in total. The van der Waals surface area contributed by atoms with Crippen molar-refractivity contribution < 1.29 is 21.6 Å². The van der Waals surface area contributed by atoms with Crippen molar-refractivity contribution >= 4 is 20.0 Å². The number of ether oxygens (including phenoxy) is 1. The van der Waals surface area contributed by atoms with Crippen molar-refractivity contribution in [3.05, 3.63) is 29.3 Å². The summed E-state index contributed by atoms with van der Waals surface area (Å²) < 4.78 is 58.4. The number of nitrogens with zero attached hydrogens (tertiary/aromatic N) is 1. The van der Waals surface area contributed by atoms with Crippen LogP contribution in [-0.2, 0) is 24.8 Å². The standard InChI is InChI=1S/C15H24N2O5S2/c1-11-5-6-15(12(2)7-11)24(20,21)16-14-9-22-8-13(14)10-23(18,19)17(3)4/h5-7,13-14,16H,8-10H2,1-4H3/t13-,14+/m0/s1. The molecule has 24 heavy (non-hydrogen) atoms. The highest BCUT2D eigenvalue weighted by atomic mass is 32.2. The predicted molar refractivity (Wildman–Crippen MR) is 91.8 cm³/mol. The minimum atomic E-state index is -3.74. The van der Waals surface area contributed by atoms with E-state index in [1.54, 1.807) is 25.1 Å². The molecule has 9 heteroatoms. The van der Waals surface area contributed by atoms with Crippen LogP contribution in [0, 0.1) is 19.8 Å². The Balaban J connectivity index is 2.19. The Hall–Kier alpha value is -1.00. The third-order valence-electron chi connectivity index (χ3n) is 4.11. The molecule has 0 saturated carbocycles. The molecule has 1 aliphatic rings. The van der Waals surface area contributed by atoms with Gasteiger partial charge in [-0.2, -0.15) is 0 Å². The van der Waals surface area contributed by atoms with Crippen LogP contribution in [0.2, 0.25) is 0 Å². The quantitative estimate of drug-likeness (QED) is 0.780. The zero-order valence-corrected chi connectivity index (χ0v) is 15.9. The van der Waals surface area contributed by atoms with Crippen LogP contribution in [0.5, 0.6) is 0 Å². The van der Waals surface area contributed by atoms with Crippen molar-refractivity contribution in [3.63, 3.8) is 0 Å². The summed E-state index contributed by atoms with van der Waals surface area (Å²) in [6.45, 7) is 4.01. The second kappa shape index (κ2) is 7.09. The van der Waals surface area contributed by atoms with Crippen molar-refractivity contribution in [1.29, 1.82) is 0 Å². The maximum atomic E-state index is 12.6. The van der Waals surface area contributed by atoms with Crippen LogP contribution in [0.15, 0.2) is 23.1 Å². The molecule has 1 heterocycles. The Kier molecular flexibility index (Phi) is 5.71. The van der Waals surface area contributed by atoms with E-state index in [9.17, 15) is 16.8 Å². The predicted octanol–water partition coefficient (Wildman–Crippen LogP) is 0.488. The first-order valence-corrected chi connectivity index (χ1v) is 10.7. The van der Waals surface area contributed by atoms with E-state index in [-0.39, 0.29) is 23.9 Å². The van der Waals surface area contributed by atoms with Crippen LogP contribution in [-0.4, -0.2) is 60.2 Å². The highest BCUT2D eigenvalue weighted by Gasteiger charge is 2.36. The largest absolute Gasteiger partial charge is 0.379 e. The average Bonchev–Trinajstić information content (AvgIpc) is 2.83. The van der Waals surface area contributed by atoms with Gasteiger partial charge in [0.15, 0.2) is 0 Å². The molecule has 0 aromatic heterocycles. The van der Waals surface area contributed by atoms with E-state index in [1.165, 1.54) is 14.1 Å². The fourth-order valence-corrected chi connectivity index (χ4v) is 5.36. The first-order valence-electron chi connectivity index (χ1n) is 7.60. The SMILES string of the molecule is Cc1ccc(S(=O)(=O)N[C@@H]2COC[C@H]2CS(=O)(=O)N(C)C)c(C)c1. The minimum Gasteiger partial charge on any atom is -0.379 e. The number of hydrogen-bond donors (Lipinski definition) is 1. The monoisotopic (exact) mass is 376 g/mol. The second-order valence-electron chi connectivity index (χ2n) is 6.36. The molecular weight excluding hydrogens is 352 g/mol. The summed E-state index contributed by atoms with van der Waals surface area (Å²) in [7, 11) is -4.25. The molecule has 0 amide bonds. The van der Waals surface area contributed by atoms with Gasteiger partial charge in [0, 0.05) is 20.0 Å². The van der Waals surface area contributed by atoms with E-state index < -0.39 is 32.0 Å². The summed E-state index contributed by atoms with van der Waals surface area (Å²) >= 11 is 0. The molecule has 0 aliphatic carbocycles. The number of hydrogen-bond acceptors (Lipinski definition) is 5. The van der Waals surface area contributed by atoms with Gasteiger partial charge in [-0.15, -0.1) is 0 Å². The zero-order valence-electron chi connectivity index (χ0n) is 14.3. The molecule has 0 radical (unpaired) electrons. The highest BCUT2D eigenvalue weighted by molar-refractivity contribution is 7.89. The molecule has 7 nitrogen and oxygen atoms in total. The lowest BCUT2D eigenvalue weighted by Gasteiger charge is -2.21. The summed E-state index contributed by atoms with van der Waals surface area (Å²) in [5.41, 5.74) is 1.63. The van der Waals surface area contributed by atoms with Gasteiger partial charge in [-0.25, -0.2) is 25.9 Å². The van der Waals surface area contributed by atoms with Crippen molar-refractivity contribution in [3.8, 4) is 0 Å². The van der Waals surface area contributed by atoms with Gasteiger partial charge in [-0.05, 0) is 25.5 Å². The number of sulfonamides is 2. The smallest absolute Gasteiger partial charge is 0.241 e. The number of benzene rings is 1. The normalized spacial score (nSPS) is 22.2. The van der Waals surface area contributed by atoms with Gasteiger partial charge in [0.05, 0.1) is 29.9 Å². The fraction of sp³-hybridized carbons (Fsp3) is 0.600. The first-order chi connectivity index (χ1) is 11.0. The topological polar surface area (TPSA) is 92.8 Å². The molecule has 1 fully saturated rings. The molecule has 0 unspecified atom stereocenters. The second-order valence-corrected chi connectivity index (χ2v) is 10.3.